The summed E-state index contributed by atoms with van der Waals surface area (Å²) < 4.78 is 26.4. The topological polar surface area (TPSA) is 63.4 Å². The van der Waals surface area contributed by atoms with Crippen molar-refractivity contribution < 1.29 is 8.42 Å². The molecule has 1 aromatic rings. The largest absolute Gasteiger partial charge is 0.330 e. The Hall–Kier alpha value is -0.330. The lowest BCUT2D eigenvalue weighted by molar-refractivity contribution is 0.414. The van der Waals surface area contributed by atoms with E-state index in [-0.39, 0.29) is 9.92 Å². The molecule has 4 nitrogen and oxygen atoms in total. The first-order valence-electron chi connectivity index (χ1n) is 6.10. The predicted octanol–water partition coefficient (Wildman–Crippen LogP) is 1.82. The number of hydrogen-bond donors (Lipinski definition) is 1. The lowest BCUT2D eigenvalue weighted by atomic mass is 10.3. The van der Waals surface area contributed by atoms with Crippen molar-refractivity contribution in [1.82, 2.24) is 4.31 Å². The number of rotatable bonds is 3. The third-order valence-corrected chi connectivity index (χ3v) is 6.71. The fourth-order valence-electron chi connectivity index (χ4n) is 2.94. The molecule has 7 heteroatoms. The summed E-state index contributed by atoms with van der Waals surface area (Å²) in [5.41, 5.74) is 5.63. The highest BCUT2D eigenvalue weighted by Crippen LogP contribution is 2.52. The summed E-state index contributed by atoms with van der Waals surface area (Å²) in [6, 6.07) is 4.41. The summed E-state index contributed by atoms with van der Waals surface area (Å²) in [6.45, 7) is 1.78. The molecule has 1 saturated heterocycles. The Balaban J connectivity index is 1.82. The predicted molar refractivity (Wildman–Crippen MR) is 74.7 cm³/mol. The summed E-state index contributed by atoms with van der Waals surface area (Å²) in [7, 11) is -3.46. The Bertz CT molecular complexity index is 608. The number of halogens is 2. The molecule has 3 rings (SSSR count). The Morgan fingerprint density at radius 2 is 1.84 bits per heavy atom. The Kier molecular flexibility index (Phi) is 3.30. The van der Waals surface area contributed by atoms with Crippen molar-refractivity contribution in [3.05, 3.63) is 28.2 Å². The maximum atomic E-state index is 12.5. The molecule has 1 saturated carbocycles. The molecule has 0 bridgehead atoms. The van der Waals surface area contributed by atoms with Crippen LogP contribution >= 0.6 is 23.2 Å². The van der Waals surface area contributed by atoms with Crippen molar-refractivity contribution >= 4 is 33.2 Å². The number of benzene rings is 1. The monoisotopic (exact) mass is 320 g/mol. The third kappa shape index (κ3) is 2.17. The number of nitrogens with zero attached hydrogens (tertiary/aromatic N) is 1. The normalized spacial score (nSPS) is 30.4. The van der Waals surface area contributed by atoms with Gasteiger partial charge < -0.3 is 5.73 Å². The summed E-state index contributed by atoms with van der Waals surface area (Å²) in [5.74, 6) is 1.37. The molecule has 0 aromatic heterocycles. The smallest absolute Gasteiger partial charge is 0.243 e. The van der Waals surface area contributed by atoms with Gasteiger partial charge in [-0.3, -0.25) is 0 Å². The van der Waals surface area contributed by atoms with E-state index in [4.69, 9.17) is 28.9 Å². The summed E-state index contributed by atoms with van der Waals surface area (Å²) in [4.78, 5) is 0.201. The van der Waals surface area contributed by atoms with Crippen molar-refractivity contribution in [1.29, 1.82) is 0 Å². The van der Waals surface area contributed by atoms with E-state index in [9.17, 15) is 8.42 Å². The zero-order valence-corrected chi connectivity index (χ0v) is 12.4. The van der Waals surface area contributed by atoms with Gasteiger partial charge in [-0.15, -0.1) is 0 Å². The number of piperidine rings is 1. The van der Waals surface area contributed by atoms with Gasteiger partial charge in [-0.2, -0.15) is 4.31 Å². The van der Waals surface area contributed by atoms with Crippen molar-refractivity contribution in [3.8, 4) is 0 Å². The van der Waals surface area contributed by atoms with E-state index in [1.165, 1.54) is 22.5 Å². The second-order valence-electron chi connectivity index (χ2n) is 5.13. The first-order valence-corrected chi connectivity index (χ1v) is 8.30. The van der Waals surface area contributed by atoms with Gasteiger partial charge in [0, 0.05) is 13.1 Å². The van der Waals surface area contributed by atoms with Gasteiger partial charge >= 0.3 is 0 Å². The van der Waals surface area contributed by atoms with E-state index in [2.05, 4.69) is 0 Å². The average molecular weight is 321 g/mol. The lowest BCUT2D eigenvalue weighted by Crippen LogP contribution is -2.32. The SMILES string of the molecule is NCC1[C@H]2CN(S(=O)(=O)c3ccc(Cl)c(Cl)c3)C[C@@H]12. The van der Waals surface area contributed by atoms with Crippen LogP contribution in [0.25, 0.3) is 0 Å². The van der Waals surface area contributed by atoms with E-state index >= 15 is 0 Å². The van der Waals surface area contributed by atoms with E-state index in [1.807, 2.05) is 0 Å². The van der Waals surface area contributed by atoms with Gasteiger partial charge in [0.1, 0.15) is 0 Å². The fraction of sp³-hybridized carbons (Fsp3) is 0.500. The quantitative estimate of drug-likeness (QED) is 0.924. The van der Waals surface area contributed by atoms with Gasteiger partial charge in [0.15, 0.2) is 0 Å². The third-order valence-electron chi connectivity index (χ3n) is 4.14. The minimum Gasteiger partial charge on any atom is -0.330 e. The molecule has 19 heavy (non-hydrogen) atoms. The molecule has 1 aliphatic heterocycles. The molecule has 3 atom stereocenters. The molecule has 1 aliphatic carbocycles. The van der Waals surface area contributed by atoms with Crippen LogP contribution in [0.4, 0.5) is 0 Å². The van der Waals surface area contributed by atoms with E-state index in [0.29, 0.717) is 42.4 Å². The van der Waals surface area contributed by atoms with Crippen molar-refractivity contribution in [2.24, 2.45) is 23.5 Å². The second-order valence-corrected chi connectivity index (χ2v) is 7.88. The molecule has 1 unspecified atom stereocenters. The fourth-order valence-corrected chi connectivity index (χ4v) is 4.85. The second kappa shape index (κ2) is 4.60. The van der Waals surface area contributed by atoms with E-state index < -0.39 is 10.0 Å². The van der Waals surface area contributed by atoms with Gasteiger partial charge in [0.05, 0.1) is 14.9 Å². The van der Waals surface area contributed by atoms with Gasteiger partial charge in [-0.25, -0.2) is 8.42 Å². The summed E-state index contributed by atoms with van der Waals surface area (Å²) in [6.07, 6.45) is 0. The first kappa shape index (κ1) is 13.6. The van der Waals surface area contributed by atoms with Gasteiger partial charge in [-0.1, -0.05) is 23.2 Å². The number of hydrogen-bond acceptors (Lipinski definition) is 3. The molecule has 2 fully saturated rings. The van der Waals surface area contributed by atoms with E-state index in [0.717, 1.165) is 0 Å². The van der Waals surface area contributed by atoms with Crippen molar-refractivity contribution in [3.63, 3.8) is 0 Å². The minimum atomic E-state index is -3.46. The van der Waals surface area contributed by atoms with Crippen LogP contribution in [0.3, 0.4) is 0 Å². The molecule has 1 heterocycles. The van der Waals surface area contributed by atoms with Crippen LogP contribution < -0.4 is 5.73 Å². The van der Waals surface area contributed by atoms with Gasteiger partial charge in [0.25, 0.3) is 0 Å². The van der Waals surface area contributed by atoms with Crippen LogP contribution in [0.1, 0.15) is 0 Å². The van der Waals surface area contributed by atoms with Gasteiger partial charge in [-0.05, 0) is 42.5 Å². The Morgan fingerprint density at radius 1 is 1.21 bits per heavy atom. The van der Waals surface area contributed by atoms with E-state index in [1.54, 1.807) is 0 Å². The van der Waals surface area contributed by atoms with Gasteiger partial charge in [0.2, 0.25) is 10.0 Å². The molecule has 0 amide bonds. The molecular weight excluding hydrogens is 307 g/mol. The minimum absolute atomic E-state index is 0.201. The Labute approximate surface area is 122 Å². The molecule has 104 valence electrons. The molecule has 0 radical (unpaired) electrons. The number of nitrogens with two attached hydrogens (primary N) is 1. The Morgan fingerprint density at radius 3 is 2.37 bits per heavy atom. The highest BCUT2D eigenvalue weighted by atomic mass is 35.5. The maximum Gasteiger partial charge on any atom is 0.243 e. The average Bonchev–Trinajstić information content (AvgIpc) is 2.83. The molecule has 0 spiro atoms. The molecule has 1 aromatic carbocycles. The summed E-state index contributed by atoms with van der Waals surface area (Å²) >= 11 is 11.7. The first-order chi connectivity index (χ1) is 8.95. The lowest BCUT2D eigenvalue weighted by Gasteiger charge is -2.19. The van der Waals surface area contributed by atoms with Crippen LogP contribution in [0.2, 0.25) is 10.0 Å². The van der Waals surface area contributed by atoms with Crippen LogP contribution in [0.5, 0.6) is 0 Å². The van der Waals surface area contributed by atoms with Crippen LogP contribution in [-0.4, -0.2) is 32.4 Å². The molecular formula is C12H14Cl2N2O2S. The molecule has 2 aliphatic rings. The van der Waals surface area contributed by atoms with Crippen LogP contribution in [-0.2, 0) is 10.0 Å². The van der Waals surface area contributed by atoms with Crippen LogP contribution in [0.15, 0.2) is 23.1 Å². The standard InChI is InChI=1S/C12H14Cl2N2O2S/c13-11-2-1-7(3-12(11)14)19(17,18)16-5-9-8(4-15)10(9)6-16/h1-3,8-10H,4-6,15H2/t8?,9-,10+. The van der Waals surface area contributed by atoms with Crippen molar-refractivity contribution in [2.75, 3.05) is 19.6 Å². The zero-order valence-electron chi connectivity index (χ0n) is 10.1. The highest BCUT2D eigenvalue weighted by Gasteiger charge is 2.57. The van der Waals surface area contributed by atoms with Crippen LogP contribution in [0, 0.1) is 17.8 Å². The van der Waals surface area contributed by atoms with Crippen molar-refractivity contribution in [2.45, 2.75) is 4.90 Å². The molecule has 2 N–H and O–H groups in total. The maximum absolute atomic E-state index is 12.5. The highest BCUT2D eigenvalue weighted by molar-refractivity contribution is 7.89. The summed E-state index contributed by atoms with van der Waals surface area (Å²) in [5, 5.41) is 0.611. The number of sulfonamides is 1. The zero-order chi connectivity index (χ0) is 13.8. The number of fused-ring (bicyclic) bond motifs is 1.